The maximum atomic E-state index is 11.9. The van der Waals surface area contributed by atoms with Gasteiger partial charge in [0.25, 0.3) is 0 Å². The molecule has 0 aliphatic carbocycles. The van der Waals surface area contributed by atoms with Crippen molar-refractivity contribution >= 4 is 49.0 Å². The Balaban J connectivity index is 2.73. The van der Waals surface area contributed by atoms with Crippen LogP contribution in [0, 0.1) is 0 Å². The third kappa shape index (κ3) is 3.66. The Morgan fingerprint density at radius 1 is 1.53 bits per heavy atom. The molecule has 5 heteroatoms. The van der Waals surface area contributed by atoms with Crippen LogP contribution in [0.5, 0.6) is 0 Å². The predicted molar refractivity (Wildman–Crippen MR) is 71.8 cm³/mol. The minimum Gasteiger partial charge on any atom is -0.296 e. The summed E-state index contributed by atoms with van der Waals surface area (Å²) in [5, 5.41) is 0. The van der Waals surface area contributed by atoms with Gasteiger partial charge >= 0.3 is 0 Å². The Hall–Kier alpha value is 0.290. The first-order chi connectivity index (χ1) is 6.91. The zero-order chi connectivity index (χ0) is 11.6. The van der Waals surface area contributed by atoms with Crippen LogP contribution in [0.15, 0.2) is 13.6 Å². The number of rotatable bonds is 4. The summed E-state index contributed by atoms with van der Waals surface area (Å²) in [6.07, 6.45) is 0. The number of ketones is 1. The Bertz CT molecular complexity index is 362. The van der Waals surface area contributed by atoms with E-state index in [0.29, 0.717) is 12.6 Å². The minimum absolute atomic E-state index is 0.153. The second-order valence-corrected chi connectivity index (χ2v) is 7.42. The molecule has 1 aromatic heterocycles. The summed E-state index contributed by atoms with van der Waals surface area (Å²) >= 11 is 8.29. The zero-order valence-corrected chi connectivity index (χ0v) is 12.9. The summed E-state index contributed by atoms with van der Waals surface area (Å²) in [6.45, 7) is 4.61. The lowest BCUT2D eigenvalue weighted by Gasteiger charge is -2.19. The average molecular weight is 355 g/mol. The van der Waals surface area contributed by atoms with Crippen molar-refractivity contribution in [3.8, 4) is 0 Å². The SMILES string of the molecule is CC(C)N(C)CC(=O)c1cc(Br)sc1Br. The van der Waals surface area contributed by atoms with Crippen LogP contribution in [-0.4, -0.2) is 30.3 Å². The van der Waals surface area contributed by atoms with E-state index in [-0.39, 0.29) is 5.78 Å². The fraction of sp³-hybridized carbons (Fsp3) is 0.500. The molecule has 0 fully saturated rings. The Kier molecular flexibility index (Phi) is 4.96. The molecule has 0 radical (unpaired) electrons. The van der Waals surface area contributed by atoms with Gasteiger partial charge in [0, 0.05) is 11.6 Å². The number of hydrogen-bond donors (Lipinski definition) is 0. The van der Waals surface area contributed by atoms with E-state index in [1.165, 1.54) is 11.3 Å². The molecule has 1 aromatic rings. The van der Waals surface area contributed by atoms with E-state index in [1.54, 1.807) is 0 Å². The van der Waals surface area contributed by atoms with Crippen LogP contribution >= 0.6 is 43.2 Å². The zero-order valence-electron chi connectivity index (χ0n) is 8.88. The Labute approximate surface area is 111 Å². The van der Waals surface area contributed by atoms with E-state index in [1.807, 2.05) is 18.0 Å². The van der Waals surface area contributed by atoms with Gasteiger partial charge in [0.2, 0.25) is 0 Å². The highest BCUT2D eigenvalue weighted by atomic mass is 79.9. The number of thiophene rings is 1. The van der Waals surface area contributed by atoms with Crippen LogP contribution in [0.2, 0.25) is 0 Å². The fourth-order valence-electron chi connectivity index (χ4n) is 1.02. The Morgan fingerprint density at radius 2 is 2.13 bits per heavy atom. The first-order valence-electron chi connectivity index (χ1n) is 4.60. The van der Waals surface area contributed by atoms with Gasteiger partial charge in [-0.1, -0.05) is 0 Å². The van der Waals surface area contributed by atoms with Crippen LogP contribution < -0.4 is 0 Å². The van der Waals surface area contributed by atoms with Crippen molar-refractivity contribution in [2.75, 3.05) is 13.6 Å². The van der Waals surface area contributed by atoms with E-state index in [9.17, 15) is 4.79 Å². The first kappa shape index (κ1) is 13.4. The molecule has 0 bridgehead atoms. The molecule has 0 aromatic carbocycles. The van der Waals surface area contributed by atoms with E-state index >= 15 is 0 Å². The van der Waals surface area contributed by atoms with Crippen LogP contribution in [0.3, 0.4) is 0 Å². The number of carbonyl (C=O) groups is 1. The Morgan fingerprint density at radius 3 is 2.53 bits per heavy atom. The third-order valence-electron chi connectivity index (χ3n) is 2.23. The number of Topliss-reactive ketones (excluding diaryl/α,β-unsaturated/α-hetero) is 1. The van der Waals surface area contributed by atoms with Gasteiger partial charge < -0.3 is 0 Å². The molecule has 0 N–H and O–H groups in total. The number of hydrogen-bond acceptors (Lipinski definition) is 3. The summed E-state index contributed by atoms with van der Waals surface area (Å²) in [6, 6.07) is 2.25. The van der Waals surface area contributed by atoms with Gasteiger partial charge in [-0.15, -0.1) is 11.3 Å². The van der Waals surface area contributed by atoms with Gasteiger partial charge in [-0.2, -0.15) is 0 Å². The van der Waals surface area contributed by atoms with Crippen LogP contribution in [-0.2, 0) is 0 Å². The van der Waals surface area contributed by atoms with Crippen molar-refractivity contribution in [1.29, 1.82) is 0 Å². The van der Waals surface area contributed by atoms with Gasteiger partial charge in [-0.05, 0) is 58.8 Å². The van der Waals surface area contributed by atoms with E-state index in [4.69, 9.17) is 0 Å². The summed E-state index contributed by atoms with van der Waals surface area (Å²) in [4.78, 5) is 13.9. The maximum absolute atomic E-state index is 11.9. The summed E-state index contributed by atoms with van der Waals surface area (Å²) in [5.41, 5.74) is 0.763. The lowest BCUT2D eigenvalue weighted by Crippen LogP contribution is -2.31. The summed E-state index contributed by atoms with van der Waals surface area (Å²) in [5.74, 6) is 0.153. The van der Waals surface area contributed by atoms with Crippen molar-refractivity contribution < 1.29 is 4.79 Å². The fourth-order valence-corrected chi connectivity index (χ4v) is 3.88. The molecular formula is C10H13Br2NOS. The predicted octanol–water partition coefficient (Wildman–Crippen LogP) is 3.80. The quantitative estimate of drug-likeness (QED) is 0.766. The topological polar surface area (TPSA) is 20.3 Å². The van der Waals surface area contributed by atoms with Crippen molar-refractivity contribution in [3.05, 3.63) is 19.2 Å². The maximum Gasteiger partial charge on any atom is 0.178 e. The van der Waals surface area contributed by atoms with Gasteiger partial charge in [0.1, 0.15) is 0 Å². The van der Waals surface area contributed by atoms with Gasteiger partial charge in [-0.25, -0.2) is 0 Å². The molecule has 84 valence electrons. The molecule has 15 heavy (non-hydrogen) atoms. The number of halogens is 2. The second kappa shape index (κ2) is 5.57. The van der Waals surface area contributed by atoms with Crippen molar-refractivity contribution in [2.24, 2.45) is 0 Å². The summed E-state index contributed by atoms with van der Waals surface area (Å²) < 4.78 is 1.88. The smallest absolute Gasteiger partial charge is 0.178 e. The standard InChI is InChI=1S/C10H13Br2NOS/c1-6(2)13(3)5-8(14)7-4-9(11)15-10(7)12/h4,6H,5H2,1-3H3. The molecule has 0 saturated carbocycles. The highest BCUT2D eigenvalue weighted by molar-refractivity contribution is 9.12. The van der Waals surface area contributed by atoms with Gasteiger partial charge in [0.15, 0.2) is 5.78 Å². The van der Waals surface area contributed by atoms with E-state index in [2.05, 4.69) is 45.7 Å². The molecule has 0 aliphatic heterocycles. The van der Waals surface area contributed by atoms with Crippen LogP contribution in [0.1, 0.15) is 24.2 Å². The minimum atomic E-state index is 0.153. The number of nitrogens with zero attached hydrogens (tertiary/aromatic N) is 1. The number of carbonyl (C=O) groups excluding carboxylic acids is 1. The molecule has 1 rings (SSSR count). The molecule has 0 unspecified atom stereocenters. The van der Waals surface area contributed by atoms with Crippen molar-refractivity contribution in [1.82, 2.24) is 4.90 Å². The van der Waals surface area contributed by atoms with Crippen molar-refractivity contribution in [3.63, 3.8) is 0 Å². The van der Waals surface area contributed by atoms with Gasteiger partial charge in [-0.3, -0.25) is 9.69 Å². The first-order valence-corrected chi connectivity index (χ1v) is 7.00. The van der Waals surface area contributed by atoms with Crippen LogP contribution in [0.4, 0.5) is 0 Å². The molecular weight excluding hydrogens is 342 g/mol. The molecule has 0 amide bonds. The molecule has 0 atom stereocenters. The highest BCUT2D eigenvalue weighted by Gasteiger charge is 2.16. The largest absolute Gasteiger partial charge is 0.296 e. The van der Waals surface area contributed by atoms with Crippen LogP contribution in [0.25, 0.3) is 0 Å². The average Bonchev–Trinajstić information content (AvgIpc) is 2.44. The molecule has 1 heterocycles. The second-order valence-electron chi connectivity index (χ2n) is 3.67. The normalized spacial score (nSPS) is 11.4. The van der Waals surface area contributed by atoms with E-state index < -0.39 is 0 Å². The molecule has 0 aliphatic rings. The molecule has 0 saturated heterocycles. The van der Waals surface area contributed by atoms with E-state index in [0.717, 1.165) is 13.1 Å². The monoisotopic (exact) mass is 353 g/mol. The molecule has 2 nitrogen and oxygen atoms in total. The van der Waals surface area contributed by atoms with Gasteiger partial charge in [0.05, 0.1) is 14.1 Å². The lowest BCUT2D eigenvalue weighted by molar-refractivity contribution is 0.0929. The molecule has 0 spiro atoms. The highest BCUT2D eigenvalue weighted by Crippen LogP contribution is 2.32. The third-order valence-corrected chi connectivity index (χ3v) is 4.57. The summed E-state index contributed by atoms with van der Waals surface area (Å²) in [7, 11) is 1.96. The van der Waals surface area contributed by atoms with Crippen molar-refractivity contribution in [2.45, 2.75) is 19.9 Å². The lowest BCUT2D eigenvalue weighted by atomic mass is 10.2. The number of likely N-dealkylation sites (N-methyl/N-ethyl adjacent to an activating group) is 1.